The van der Waals surface area contributed by atoms with E-state index in [1.54, 1.807) is 6.07 Å². The monoisotopic (exact) mass is 550 g/mol. The van der Waals surface area contributed by atoms with Crippen LogP contribution in [0.2, 0.25) is 0 Å². The van der Waals surface area contributed by atoms with Crippen LogP contribution in [0.1, 0.15) is 51.5 Å². The average molecular weight is 551 g/mol. The smallest absolute Gasteiger partial charge is 0.251 e. The number of halogens is 2. The summed E-state index contributed by atoms with van der Waals surface area (Å²) in [5, 5.41) is 17.3. The van der Waals surface area contributed by atoms with Crippen molar-refractivity contribution in [1.29, 1.82) is 0 Å². The minimum Gasteiger partial charge on any atom is -0.390 e. The number of ether oxygens (including phenoxy) is 2. The van der Waals surface area contributed by atoms with E-state index in [-0.39, 0.29) is 18.9 Å². The zero-order valence-electron chi connectivity index (χ0n) is 22.7. The van der Waals surface area contributed by atoms with Crippen molar-refractivity contribution in [2.45, 2.75) is 63.5 Å². The number of carbonyl (C=O) groups is 1. The van der Waals surface area contributed by atoms with Crippen molar-refractivity contribution >= 4 is 5.91 Å². The minimum atomic E-state index is -1.01. The third-order valence-corrected chi connectivity index (χ3v) is 7.76. The van der Waals surface area contributed by atoms with E-state index in [2.05, 4.69) is 29.7 Å². The molecule has 3 aromatic carbocycles. The first-order valence-electron chi connectivity index (χ1n) is 13.9. The molecule has 1 aliphatic heterocycles. The van der Waals surface area contributed by atoms with Crippen LogP contribution < -0.4 is 10.6 Å². The van der Waals surface area contributed by atoms with Crippen molar-refractivity contribution in [3.63, 3.8) is 0 Å². The van der Waals surface area contributed by atoms with Gasteiger partial charge in [0.05, 0.1) is 25.4 Å². The maximum Gasteiger partial charge on any atom is 0.251 e. The molecule has 3 N–H and O–H groups in total. The Hall–Kier alpha value is -3.17. The summed E-state index contributed by atoms with van der Waals surface area (Å²) in [6.07, 6.45) is 2.13. The third kappa shape index (κ3) is 6.93. The van der Waals surface area contributed by atoms with Crippen molar-refractivity contribution in [3.8, 4) is 0 Å². The second-order valence-corrected chi connectivity index (χ2v) is 10.7. The maximum atomic E-state index is 13.9. The van der Waals surface area contributed by atoms with Crippen LogP contribution in [-0.4, -0.2) is 48.7 Å². The Morgan fingerprint density at radius 1 is 0.975 bits per heavy atom. The van der Waals surface area contributed by atoms with E-state index in [4.69, 9.17) is 9.47 Å². The highest BCUT2D eigenvalue weighted by Crippen LogP contribution is 2.35. The highest BCUT2D eigenvalue weighted by atomic mass is 19.1. The highest BCUT2D eigenvalue weighted by molar-refractivity contribution is 5.94. The van der Waals surface area contributed by atoms with Gasteiger partial charge in [0.1, 0.15) is 11.6 Å². The van der Waals surface area contributed by atoms with Crippen molar-refractivity contribution in [1.82, 2.24) is 10.6 Å². The van der Waals surface area contributed by atoms with Crippen LogP contribution in [0.15, 0.2) is 60.7 Å². The lowest BCUT2D eigenvalue weighted by atomic mass is 9.86. The van der Waals surface area contributed by atoms with Crippen LogP contribution in [0.25, 0.3) is 0 Å². The molecule has 5 rings (SSSR count). The Kier molecular flexibility index (Phi) is 8.90. The molecule has 0 unspecified atom stereocenters. The molecule has 2 atom stereocenters. The SMILES string of the molecule is CCc1cccc(CNC[C@@H](O)[C@H](Cc2cc(F)cc(F)c2)NC(=O)c2ccc3c(c2)CC2(CC3)OCCO2)c1. The fourth-order valence-corrected chi connectivity index (χ4v) is 5.61. The lowest BCUT2D eigenvalue weighted by Crippen LogP contribution is -2.48. The summed E-state index contributed by atoms with van der Waals surface area (Å²) >= 11 is 0. The minimum absolute atomic E-state index is 0.0598. The summed E-state index contributed by atoms with van der Waals surface area (Å²) < 4.78 is 39.6. The second-order valence-electron chi connectivity index (χ2n) is 10.7. The van der Waals surface area contributed by atoms with Gasteiger partial charge in [-0.05, 0) is 71.3 Å². The zero-order chi connectivity index (χ0) is 28.1. The molecule has 212 valence electrons. The summed E-state index contributed by atoms with van der Waals surface area (Å²) in [5.41, 5.74) is 5.26. The van der Waals surface area contributed by atoms with Crippen molar-refractivity contribution < 1.29 is 28.2 Å². The standard InChI is InChI=1S/C32H36F2N2O4/c1-2-21-4-3-5-22(12-21)19-35-20-30(37)29(15-23-13-27(33)17-28(34)14-23)36-31(38)25-7-6-24-8-9-32(18-26(24)16-25)39-10-11-40-32/h3-7,12-14,16-17,29-30,35,37H,2,8-11,15,18-20H2,1H3,(H,36,38)/t29-,30+/m0/s1. The normalized spacial score (nSPS) is 17.4. The van der Waals surface area contributed by atoms with Gasteiger partial charge in [-0.2, -0.15) is 0 Å². The maximum absolute atomic E-state index is 13.9. The number of rotatable bonds is 10. The number of amides is 1. The third-order valence-electron chi connectivity index (χ3n) is 7.76. The molecule has 8 heteroatoms. The van der Waals surface area contributed by atoms with E-state index >= 15 is 0 Å². The quantitative estimate of drug-likeness (QED) is 0.352. The van der Waals surface area contributed by atoms with Crippen LogP contribution in [0.3, 0.4) is 0 Å². The van der Waals surface area contributed by atoms with Gasteiger partial charge in [0.2, 0.25) is 0 Å². The van der Waals surface area contributed by atoms with Gasteiger partial charge in [0, 0.05) is 37.6 Å². The average Bonchev–Trinajstić information content (AvgIpc) is 3.39. The molecule has 1 amide bonds. The number of aliphatic hydroxyl groups is 1. The van der Waals surface area contributed by atoms with Crippen LogP contribution >= 0.6 is 0 Å². The molecule has 2 aliphatic rings. The molecule has 1 heterocycles. The first-order chi connectivity index (χ1) is 19.3. The van der Waals surface area contributed by atoms with Gasteiger partial charge in [-0.15, -0.1) is 0 Å². The number of fused-ring (bicyclic) bond motifs is 1. The fourth-order valence-electron chi connectivity index (χ4n) is 5.61. The van der Waals surface area contributed by atoms with E-state index in [0.717, 1.165) is 42.0 Å². The van der Waals surface area contributed by atoms with Crippen molar-refractivity contribution in [2.75, 3.05) is 19.8 Å². The molecule has 1 saturated heterocycles. The lowest BCUT2D eigenvalue weighted by Gasteiger charge is -2.33. The van der Waals surface area contributed by atoms with Crippen molar-refractivity contribution in [2.24, 2.45) is 0 Å². The number of carbonyl (C=O) groups excluding carboxylic acids is 1. The summed E-state index contributed by atoms with van der Waals surface area (Å²) in [6.45, 7) is 3.94. The van der Waals surface area contributed by atoms with E-state index in [1.807, 2.05) is 24.3 Å². The summed E-state index contributed by atoms with van der Waals surface area (Å²) in [7, 11) is 0. The Morgan fingerprint density at radius 2 is 1.73 bits per heavy atom. The molecule has 0 radical (unpaired) electrons. The van der Waals surface area contributed by atoms with Crippen LogP contribution in [-0.2, 0) is 41.7 Å². The van der Waals surface area contributed by atoms with Gasteiger partial charge < -0.3 is 25.2 Å². The summed E-state index contributed by atoms with van der Waals surface area (Å²) in [5.74, 6) is -2.40. The largest absolute Gasteiger partial charge is 0.390 e. The van der Waals surface area contributed by atoms with Gasteiger partial charge in [-0.25, -0.2) is 8.78 Å². The Balaban J connectivity index is 1.29. The van der Waals surface area contributed by atoms with Crippen molar-refractivity contribution in [3.05, 3.63) is 106 Å². The molecule has 1 fully saturated rings. The second kappa shape index (κ2) is 12.6. The van der Waals surface area contributed by atoms with Gasteiger partial charge in [0.25, 0.3) is 5.91 Å². The molecule has 0 saturated carbocycles. The predicted octanol–water partition coefficient (Wildman–Crippen LogP) is 4.25. The van der Waals surface area contributed by atoms with E-state index in [0.29, 0.717) is 37.3 Å². The first-order valence-corrected chi connectivity index (χ1v) is 13.9. The predicted molar refractivity (Wildman–Crippen MR) is 148 cm³/mol. The van der Waals surface area contributed by atoms with Crippen LogP contribution in [0, 0.1) is 11.6 Å². The molecule has 6 nitrogen and oxygen atoms in total. The van der Waals surface area contributed by atoms with Gasteiger partial charge in [-0.1, -0.05) is 37.3 Å². The fraction of sp³-hybridized carbons (Fsp3) is 0.406. The van der Waals surface area contributed by atoms with Gasteiger partial charge >= 0.3 is 0 Å². The molecule has 0 bridgehead atoms. The topological polar surface area (TPSA) is 79.8 Å². The van der Waals surface area contributed by atoms with E-state index in [9.17, 15) is 18.7 Å². The Labute approximate surface area is 233 Å². The van der Waals surface area contributed by atoms with Gasteiger partial charge in [0.15, 0.2) is 5.79 Å². The number of aliphatic hydroxyl groups excluding tert-OH is 1. The lowest BCUT2D eigenvalue weighted by molar-refractivity contribution is -0.163. The Bertz CT molecular complexity index is 1320. The molecular weight excluding hydrogens is 514 g/mol. The van der Waals surface area contributed by atoms with Crippen LogP contribution in [0.4, 0.5) is 8.78 Å². The number of hydrogen-bond donors (Lipinski definition) is 3. The number of nitrogens with one attached hydrogen (secondary N) is 2. The number of hydrogen-bond acceptors (Lipinski definition) is 5. The van der Waals surface area contributed by atoms with Gasteiger partial charge in [-0.3, -0.25) is 4.79 Å². The van der Waals surface area contributed by atoms with E-state index < -0.39 is 29.6 Å². The molecule has 3 aromatic rings. The first kappa shape index (κ1) is 28.4. The molecule has 40 heavy (non-hydrogen) atoms. The molecule has 1 spiro atoms. The summed E-state index contributed by atoms with van der Waals surface area (Å²) in [4.78, 5) is 13.4. The zero-order valence-corrected chi connectivity index (χ0v) is 22.7. The van der Waals surface area contributed by atoms with Crippen LogP contribution in [0.5, 0.6) is 0 Å². The highest BCUT2D eigenvalue weighted by Gasteiger charge is 2.40. The molecule has 1 aliphatic carbocycles. The number of aryl methyl sites for hydroxylation is 2. The molecular formula is C32H36F2N2O4. The summed E-state index contributed by atoms with van der Waals surface area (Å²) in [6, 6.07) is 16.2. The van der Waals surface area contributed by atoms with E-state index in [1.165, 1.54) is 17.7 Å². The molecule has 0 aromatic heterocycles. The Morgan fingerprint density at radius 3 is 2.48 bits per heavy atom. The number of benzene rings is 3.